The molecule has 0 atom stereocenters. The third kappa shape index (κ3) is 3.92. The summed E-state index contributed by atoms with van der Waals surface area (Å²) in [7, 11) is 0. The molecule has 0 unspecified atom stereocenters. The van der Waals surface area contributed by atoms with Crippen LogP contribution in [0.2, 0.25) is 0 Å². The minimum absolute atomic E-state index is 0.193. The molecule has 0 saturated heterocycles. The summed E-state index contributed by atoms with van der Waals surface area (Å²) in [5.74, 6) is -0.193. The second-order valence-electron chi connectivity index (χ2n) is 4.42. The Morgan fingerprint density at radius 3 is 2.15 bits per heavy atom. The highest BCUT2D eigenvalue weighted by Gasteiger charge is 2.08. The summed E-state index contributed by atoms with van der Waals surface area (Å²) in [5.41, 5.74) is 1.21. The number of hydrogen-bond acceptors (Lipinski definition) is 1. The standard InChI is InChI=1S/C11H16FN/c1-11(2,3)8-13-10-6-4-9(12)5-7-10/h4-7,13H,8H2,1-3H3. The molecule has 0 bridgehead atoms. The Labute approximate surface area is 79.0 Å². The smallest absolute Gasteiger partial charge is 0.123 e. The lowest BCUT2D eigenvalue weighted by Gasteiger charge is -2.19. The average Bonchev–Trinajstić information content (AvgIpc) is 2.02. The molecule has 0 aromatic heterocycles. The van der Waals surface area contributed by atoms with E-state index in [1.54, 1.807) is 12.1 Å². The van der Waals surface area contributed by atoms with Crippen molar-refractivity contribution in [3.63, 3.8) is 0 Å². The molecule has 1 aromatic rings. The SMILES string of the molecule is CC(C)(C)CNc1ccc(F)cc1. The van der Waals surface area contributed by atoms with Gasteiger partial charge in [-0.15, -0.1) is 0 Å². The van der Waals surface area contributed by atoms with Crippen LogP contribution in [0.25, 0.3) is 0 Å². The van der Waals surface area contributed by atoms with Gasteiger partial charge >= 0.3 is 0 Å². The van der Waals surface area contributed by atoms with Gasteiger partial charge in [0.25, 0.3) is 0 Å². The van der Waals surface area contributed by atoms with Crippen molar-refractivity contribution in [1.82, 2.24) is 0 Å². The summed E-state index contributed by atoms with van der Waals surface area (Å²) in [6.45, 7) is 7.36. The minimum atomic E-state index is -0.193. The summed E-state index contributed by atoms with van der Waals surface area (Å²) < 4.78 is 12.5. The van der Waals surface area contributed by atoms with Crippen LogP contribution in [-0.4, -0.2) is 6.54 Å². The Morgan fingerprint density at radius 2 is 1.69 bits per heavy atom. The zero-order valence-corrected chi connectivity index (χ0v) is 8.39. The van der Waals surface area contributed by atoms with E-state index in [-0.39, 0.29) is 11.2 Å². The molecular weight excluding hydrogens is 165 g/mol. The lowest BCUT2D eigenvalue weighted by Crippen LogP contribution is -2.18. The van der Waals surface area contributed by atoms with Crippen LogP contribution in [0.5, 0.6) is 0 Å². The molecule has 72 valence electrons. The Hall–Kier alpha value is -1.05. The van der Waals surface area contributed by atoms with Gasteiger partial charge in [0.15, 0.2) is 0 Å². The fourth-order valence-electron chi connectivity index (χ4n) is 0.935. The van der Waals surface area contributed by atoms with E-state index >= 15 is 0 Å². The van der Waals surface area contributed by atoms with Crippen LogP contribution in [-0.2, 0) is 0 Å². The third-order valence-electron chi connectivity index (χ3n) is 1.67. The molecule has 1 N–H and O–H groups in total. The molecule has 0 fully saturated rings. The lowest BCUT2D eigenvalue weighted by molar-refractivity contribution is 0.443. The lowest BCUT2D eigenvalue weighted by atomic mass is 9.97. The summed E-state index contributed by atoms with van der Waals surface area (Å²) in [4.78, 5) is 0. The molecule has 0 radical (unpaired) electrons. The molecule has 0 amide bonds. The molecule has 0 heterocycles. The van der Waals surface area contributed by atoms with E-state index in [0.29, 0.717) is 0 Å². The van der Waals surface area contributed by atoms with Crippen LogP contribution in [0.4, 0.5) is 10.1 Å². The number of rotatable bonds is 2. The first-order valence-corrected chi connectivity index (χ1v) is 4.47. The number of anilines is 1. The molecule has 13 heavy (non-hydrogen) atoms. The highest BCUT2D eigenvalue weighted by molar-refractivity contribution is 5.42. The van der Waals surface area contributed by atoms with Gasteiger partial charge in [0, 0.05) is 12.2 Å². The largest absolute Gasteiger partial charge is 0.385 e. The first kappa shape index (κ1) is 10.0. The van der Waals surface area contributed by atoms with Gasteiger partial charge in [-0.25, -0.2) is 4.39 Å². The van der Waals surface area contributed by atoms with Gasteiger partial charge in [-0.2, -0.15) is 0 Å². The number of halogens is 1. The maximum Gasteiger partial charge on any atom is 0.123 e. The van der Waals surface area contributed by atoms with Crippen molar-refractivity contribution in [3.05, 3.63) is 30.1 Å². The van der Waals surface area contributed by atoms with Crippen molar-refractivity contribution in [2.45, 2.75) is 20.8 Å². The first-order valence-electron chi connectivity index (χ1n) is 4.47. The Kier molecular flexibility index (Phi) is 2.91. The van der Waals surface area contributed by atoms with Gasteiger partial charge in [0.2, 0.25) is 0 Å². The maximum absolute atomic E-state index is 12.5. The van der Waals surface area contributed by atoms with Gasteiger partial charge in [0.1, 0.15) is 5.82 Å². The van der Waals surface area contributed by atoms with Crippen LogP contribution >= 0.6 is 0 Å². The minimum Gasteiger partial charge on any atom is -0.385 e. The van der Waals surface area contributed by atoms with Crippen LogP contribution in [0.15, 0.2) is 24.3 Å². The van der Waals surface area contributed by atoms with E-state index in [4.69, 9.17) is 0 Å². The fraction of sp³-hybridized carbons (Fsp3) is 0.455. The van der Waals surface area contributed by atoms with Crippen molar-refractivity contribution in [2.75, 3.05) is 11.9 Å². The topological polar surface area (TPSA) is 12.0 Å². The van der Waals surface area contributed by atoms with E-state index in [9.17, 15) is 4.39 Å². The molecule has 1 aromatic carbocycles. The Balaban J connectivity index is 2.51. The molecule has 1 nitrogen and oxygen atoms in total. The zero-order valence-electron chi connectivity index (χ0n) is 8.39. The van der Waals surface area contributed by atoms with Gasteiger partial charge < -0.3 is 5.32 Å². The summed E-state index contributed by atoms with van der Waals surface area (Å²) >= 11 is 0. The fourth-order valence-corrected chi connectivity index (χ4v) is 0.935. The van der Waals surface area contributed by atoms with Crippen molar-refractivity contribution in [1.29, 1.82) is 0 Å². The molecule has 0 spiro atoms. The summed E-state index contributed by atoms with van der Waals surface area (Å²) in [6.07, 6.45) is 0. The summed E-state index contributed by atoms with van der Waals surface area (Å²) in [6, 6.07) is 6.43. The van der Waals surface area contributed by atoms with Gasteiger partial charge in [-0.05, 0) is 29.7 Å². The second-order valence-corrected chi connectivity index (χ2v) is 4.42. The molecule has 2 heteroatoms. The predicted octanol–water partition coefficient (Wildman–Crippen LogP) is 3.28. The maximum atomic E-state index is 12.5. The molecule has 0 saturated carbocycles. The van der Waals surface area contributed by atoms with Crippen LogP contribution in [0.3, 0.4) is 0 Å². The van der Waals surface area contributed by atoms with E-state index in [1.165, 1.54) is 12.1 Å². The van der Waals surface area contributed by atoms with Crippen LogP contribution < -0.4 is 5.32 Å². The predicted molar refractivity (Wildman–Crippen MR) is 54.3 cm³/mol. The molecule has 1 rings (SSSR count). The molecule has 0 aliphatic heterocycles. The van der Waals surface area contributed by atoms with Gasteiger partial charge in [-0.3, -0.25) is 0 Å². The van der Waals surface area contributed by atoms with Crippen molar-refractivity contribution >= 4 is 5.69 Å². The quantitative estimate of drug-likeness (QED) is 0.738. The highest BCUT2D eigenvalue weighted by Crippen LogP contribution is 2.15. The molecular formula is C11H16FN. The average molecular weight is 181 g/mol. The molecule has 0 aliphatic carbocycles. The van der Waals surface area contributed by atoms with Crippen LogP contribution in [0.1, 0.15) is 20.8 Å². The highest BCUT2D eigenvalue weighted by atomic mass is 19.1. The Bertz CT molecular complexity index is 258. The van der Waals surface area contributed by atoms with Crippen molar-refractivity contribution in [3.8, 4) is 0 Å². The third-order valence-corrected chi connectivity index (χ3v) is 1.67. The van der Waals surface area contributed by atoms with E-state index < -0.39 is 0 Å². The zero-order chi connectivity index (χ0) is 9.90. The van der Waals surface area contributed by atoms with E-state index in [1.807, 2.05) is 0 Å². The second kappa shape index (κ2) is 3.77. The van der Waals surface area contributed by atoms with Crippen molar-refractivity contribution < 1.29 is 4.39 Å². The van der Waals surface area contributed by atoms with Gasteiger partial charge in [0.05, 0.1) is 0 Å². The van der Waals surface area contributed by atoms with E-state index in [0.717, 1.165) is 12.2 Å². The van der Waals surface area contributed by atoms with Crippen molar-refractivity contribution in [2.24, 2.45) is 5.41 Å². The normalized spacial score (nSPS) is 11.4. The number of benzene rings is 1. The number of nitrogens with one attached hydrogen (secondary N) is 1. The first-order chi connectivity index (χ1) is 5.97. The summed E-state index contributed by atoms with van der Waals surface area (Å²) in [5, 5.41) is 3.25. The van der Waals surface area contributed by atoms with Crippen LogP contribution in [0, 0.1) is 11.2 Å². The monoisotopic (exact) mass is 181 g/mol. The van der Waals surface area contributed by atoms with E-state index in [2.05, 4.69) is 26.1 Å². The number of hydrogen-bond donors (Lipinski definition) is 1. The Morgan fingerprint density at radius 1 is 1.15 bits per heavy atom. The molecule has 0 aliphatic rings. The van der Waals surface area contributed by atoms with Gasteiger partial charge in [-0.1, -0.05) is 20.8 Å².